The van der Waals surface area contributed by atoms with Crippen molar-refractivity contribution in [2.75, 3.05) is 7.05 Å². The first-order chi connectivity index (χ1) is 8.10. The molecule has 1 unspecified atom stereocenters. The van der Waals surface area contributed by atoms with Gasteiger partial charge >= 0.3 is 0 Å². The standard InChI is InChI=1S/C15H26N2/c1-6-9-13(14(16)8-3)11-12(4)15(17-5)10-7-2/h6-7,9-10,12,17H,2,8,11,16H2,1,3-5H3/b9-6-,14-13-,15-10-. The van der Waals surface area contributed by atoms with Gasteiger partial charge in [-0.25, -0.2) is 0 Å². The summed E-state index contributed by atoms with van der Waals surface area (Å²) in [6.07, 6.45) is 9.82. The van der Waals surface area contributed by atoms with Crippen molar-refractivity contribution in [2.24, 2.45) is 11.7 Å². The Bertz CT molecular complexity index is 322. The van der Waals surface area contributed by atoms with E-state index in [1.165, 1.54) is 11.3 Å². The Morgan fingerprint density at radius 2 is 2.12 bits per heavy atom. The lowest BCUT2D eigenvalue weighted by Crippen LogP contribution is -2.15. The molecule has 0 radical (unpaired) electrons. The molecule has 2 nitrogen and oxygen atoms in total. The van der Waals surface area contributed by atoms with E-state index in [-0.39, 0.29) is 0 Å². The summed E-state index contributed by atoms with van der Waals surface area (Å²) in [5, 5.41) is 3.21. The summed E-state index contributed by atoms with van der Waals surface area (Å²) in [6, 6.07) is 0. The molecule has 0 amide bonds. The van der Waals surface area contributed by atoms with Gasteiger partial charge in [-0.05, 0) is 37.3 Å². The van der Waals surface area contributed by atoms with Gasteiger partial charge in [0.2, 0.25) is 0 Å². The fraction of sp³-hybridized carbons (Fsp3) is 0.467. The quantitative estimate of drug-likeness (QED) is 0.662. The molecule has 0 aromatic carbocycles. The van der Waals surface area contributed by atoms with E-state index in [9.17, 15) is 0 Å². The summed E-state index contributed by atoms with van der Waals surface area (Å²) in [5.41, 5.74) is 9.43. The maximum absolute atomic E-state index is 6.04. The first-order valence-electron chi connectivity index (χ1n) is 6.21. The van der Waals surface area contributed by atoms with Crippen molar-refractivity contribution in [1.29, 1.82) is 0 Å². The smallest absolute Gasteiger partial charge is 0.0136 e. The molecule has 0 saturated carbocycles. The molecule has 2 heteroatoms. The maximum atomic E-state index is 6.04. The molecule has 0 heterocycles. The van der Waals surface area contributed by atoms with Crippen LogP contribution >= 0.6 is 0 Å². The Balaban J connectivity index is 4.89. The van der Waals surface area contributed by atoms with Gasteiger partial charge in [-0.3, -0.25) is 0 Å². The predicted octanol–water partition coefficient (Wildman–Crippen LogP) is 3.50. The molecule has 0 aliphatic rings. The highest BCUT2D eigenvalue weighted by Crippen LogP contribution is 2.21. The lowest BCUT2D eigenvalue weighted by atomic mass is 9.95. The van der Waals surface area contributed by atoms with Crippen LogP contribution in [-0.2, 0) is 0 Å². The Kier molecular flexibility index (Phi) is 7.95. The molecule has 0 aliphatic carbocycles. The highest BCUT2D eigenvalue weighted by molar-refractivity contribution is 5.26. The molecule has 0 saturated heterocycles. The second-order valence-corrected chi connectivity index (χ2v) is 4.12. The van der Waals surface area contributed by atoms with Gasteiger partial charge in [-0.2, -0.15) is 0 Å². The average molecular weight is 234 g/mol. The number of allylic oxidation sites excluding steroid dienone is 7. The SMILES string of the molecule is C=C/C=C(\NC)C(C)CC(/C=C\C)=C(\N)CC. The molecule has 0 aliphatic heterocycles. The van der Waals surface area contributed by atoms with Gasteiger partial charge in [-0.1, -0.05) is 38.7 Å². The Morgan fingerprint density at radius 1 is 1.47 bits per heavy atom. The summed E-state index contributed by atoms with van der Waals surface area (Å²) in [6.45, 7) is 10.0. The minimum absolute atomic E-state index is 0.411. The van der Waals surface area contributed by atoms with Gasteiger partial charge in [0.15, 0.2) is 0 Å². The second-order valence-electron chi connectivity index (χ2n) is 4.12. The van der Waals surface area contributed by atoms with E-state index in [1.807, 2.05) is 32.2 Å². The molecule has 0 bridgehead atoms. The molecule has 0 rings (SSSR count). The zero-order valence-corrected chi connectivity index (χ0v) is 11.6. The number of nitrogens with one attached hydrogen (secondary N) is 1. The molecule has 0 aromatic rings. The summed E-state index contributed by atoms with van der Waals surface area (Å²) < 4.78 is 0. The van der Waals surface area contributed by atoms with Crippen LogP contribution < -0.4 is 11.1 Å². The van der Waals surface area contributed by atoms with Crippen molar-refractivity contribution in [3.05, 3.63) is 47.9 Å². The highest BCUT2D eigenvalue weighted by Gasteiger charge is 2.10. The van der Waals surface area contributed by atoms with Gasteiger partial charge < -0.3 is 11.1 Å². The van der Waals surface area contributed by atoms with Gasteiger partial charge in [0.1, 0.15) is 0 Å². The summed E-state index contributed by atoms with van der Waals surface area (Å²) in [7, 11) is 1.94. The van der Waals surface area contributed by atoms with Crippen LogP contribution in [-0.4, -0.2) is 7.05 Å². The molecule has 0 spiro atoms. The Hall–Kier alpha value is -1.44. The first kappa shape index (κ1) is 15.6. The lowest BCUT2D eigenvalue weighted by molar-refractivity contribution is 0.628. The van der Waals surface area contributed by atoms with E-state index in [0.717, 1.165) is 18.5 Å². The fourth-order valence-electron chi connectivity index (χ4n) is 1.80. The van der Waals surface area contributed by atoms with Crippen LogP contribution in [0.2, 0.25) is 0 Å². The molecular weight excluding hydrogens is 208 g/mol. The molecule has 0 aromatic heterocycles. The zero-order valence-electron chi connectivity index (χ0n) is 11.6. The van der Waals surface area contributed by atoms with E-state index >= 15 is 0 Å². The van der Waals surface area contributed by atoms with Crippen LogP contribution in [0.15, 0.2) is 47.9 Å². The molecule has 1 atom stereocenters. The summed E-state index contributed by atoms with van der Waals surface area (Å²) in [4.78, 5) is 0. The normalized spacial score (nSPS) is 15.6. The maximum Gasteiger partial charge on any atom is 0.0136 e. The molecule has 17 heavy (non-hydrogen) atoms. The van der Waals surface area contributed by atoms with Crippen LogP contribution in [0.25, 0.3) is 0 Å². The van der Waals surface area contributed by atoms with Crippen molar-refractivity contribution >= 4 is 0 Å². The van der Waals surface area contributed by atoms with Crippen LogP contribution in [0.5, 0.6) is 0 Å². The third-order valence-electron chi connectivity index (χ3n) is 2.80. The minimum Gasteiger partial charge on any atom is -0.402 e. The molecule has 96 valence electrons. The molecule has 3 N–H and O–H groups in total. The Morgan fingerprint density at radius 3 is 2.53 bits per heavy atom. The van der Waals surface area contributed by atoms with Crippen molar-refractivity contribution in [1.82, 2.24) is 5.32 Å². The second kappa shape index (κ2) is 8.68. The van der Waals surface area contributed by atoms with Crippen LogP contribution in [0.3, 0.4) is 0 Å². The van der Waals surface area contributed by atoms with Crippen molar-refractivity contribution in [2.45, 2.75) is 33.6 Å². The van der Waals surface area contributed by atoms with Gasteiger partial charge in [0.05, 0.1) is 0 Å². The minimum atomic E-state index is 0.411. The number of nitrogens with two attached hydrogens (primary N) is 1. The summed E-state index contributed by atoms with van der Waals surface area (Å²) in [5.74, 6) is 0.411. The topological polar surface area (TPSA) is 38.0 Å². The van der Waals surface area contributed by atoms with Crippen LogP contribution in [0, 0.1) is 5.92 Å². The highest BCUT2D eigenvalue weighted by atomic mass is 14.8. The number of rotatable bonds is 7. The summed E-state index contributed by atoms with van der Waals surface area (Å²) >= 11 is 0. The van der Waals surface area contributed by atoms with Gasteiger partial charge in [0, 0.05) is 18.4 Å². The third-order valence-corrected chi connectivity index (χ3v) is 2.80. The van der Waals surface area contributed by atoms with E-state index in [4.69, 9.17) is 5.73 Å². The van der Waals surface area contributed by atoms with Gasteiger partial charge in [0.25, 0.3) is 0 Å². The monoisotopic (exact) mass is 234 g/mol. The number of hydrogen-bond acceptors (Lipinski definition) is 2. The van der Waals surface area contributed by atoms with Crippen LogP contribution in [0.4, 0.5) is 0 Å². The number of hydrogen-bond donors (Lipinski definition) is 2. The van der Waals surface area contributed by atoms with Crippen molar-refractivity contribution in [3.63, 3.8) is 0 Å². The van der Waals surface area contributed by atoms with Crippen LogP contribution in [0.1, 0.15) is 33.6 Å². The Labute approximate surface area is 106 Å². The van der Waals surface area contributed by atoms with Crippen molar-refractivity contribution in [3.8, 4) is 0 Å². The lowest BCUT2D eigenvalue weighted by Gasteiger charge is -2.17. The predicted molar refractivity (Wildman–Crippen MR) is 77.4 cm³/mol. The first-order valence-corrected chi connectivity index (χ1v) is 6.21. The molecular formula is C15H26N2. The third kappa shape index (κ3) is 5.43. The average Bonchev–Trinajstić information content (AvgIpc) is 2.34. The fourth-order valence-corrected chi connectivity index (χ4v) is 1.80. The zero-order chi connectivity index (χ0) is 13.3. The molecule has 0 fully saturated rings. The van der Waals surface area contributed by atoms with Gasteiger partial charge in [-0.15, -0.1) is 0 Å². The van der Waals surface area contributed by atoms with E-state index in [0.29, 0.717) is 5.92 Å². The largest absolute Gasteiger partial charge is 0.402 e. The van der Waals surface area contributed by atoms with E-state index in [2.05, 4.69) is 31.8 Å². The van der Waals surface area contributed by atoms with E-state index < -0.39 is 0 Å². The van der Waals surface area contributed by atoms with E-state index in [1.54, 1.807) is 0 Å². The van der Waals surface area contributed by atoms with Crippen molar-refractivity contribution < 1.29 is 0 Å².